The molecule has 5 heteroatoms. The SMILES string of the molecule is CC(=O)N(CCC(=O)NCc1ccccc1)c1ccc(F)cc1. The molecule has 0 heterocycles. The second-order valence-electron chi connectivity index (χ2n) is 5.16. The summed E-state index contributed by atoms with van der Waals surface area (Å²) in [6, 6.07) is 15.2. The molecule has 0 spiro atoms. The molecule has 23 heavy (non-hydrogen) atoms. The van der Waals surface area contributed by atoms with Gasteiger partial charge in [0, 0.05) is 32.1 Å². The Kier molecular flexibility index (Phi) is 5.86. The van der Waals surface area contributed by atoms with Crippen molar-refractivity contribution in [2.24, 2.45) is 0 Å². The van der Waals surface area contributed by atoms with Crippen molar-refractivity contribution in [3.8, 4) is 0 Å². The van der Waals surface area contributed by atoms with E-state index in [-0.39, 0.29) is 30.6 Å². The summed E-state index contributed by atoms with van der Waals surface area (Å²) in [5, 5.41) is 2.82. The maximum atomic E-state index is 13.0. The Hall–Kier alpha value is -2.69. The number of hydrogen-bond donors (Lipinski definition) is 1. The van der Waals surface area contributed by atoms with E-state index in [2.05, 4.69) is 5.32 Å². The fraction of sp³-hybridized carbons (Fsp3) is 0.222. The number of carbonyl (C=O) groups is 2. The normalized spacial score (nSPS) is 10.2. The van der Waals surface area contributed by atoms with E-state index in [1.807, 2.05) is 30.3 Å². The van der Waals surface area contributed by atoms with Crippen LogP contribution >= 0.6 is 0 Å². The average Bonchev–Trinajstić information content (AvgIpc) is 2.55. The minimum absolute atomic E-state index is 0.137. The number of halogens is 1. The van der Waals surface area contributed by atoms with Crippen molar-refractivity contribution in [3.63, 3.8) is 0 Å². The lowest BCUT2D eigenvalue weighted by Gasteiger charge is -2.21. The van der Waals surface area contributed by atoms with Crippen molar-refractivity contribution < 1.29 is 14.0 Å². The Bertz CT molecular complexity index is 656. The van der Waals surface area contributed by atoms with E-state index in [0.29, 0.717) is 12.2 Å². The monoisotopic (exact) mass is 314 g/mol. The molecule has 4 nitrogen and oxygen atoms in total. The van der Waals surface area contributed by atoms with Crippen LogP contribution in [0.5, 0.6) is 0 Å². The Balaban J connectivity index is 1.87. The molecule has 0 atom stereocenters. The van der Waals surface area contributed by atoms with Gasteiger partial charge in [-0.15, -0.1) is 0 Å². The molecular formula is C18H19FN2O2. The van der Waals surface area contributed by atoms with Crippen molar-refractivity contribution >= 4 is 17.5 Å². The van der Waals surface area contributed by atoms with Crippen LogP contribution in [-0.4, -0.2) is 18.4 Å². The maximum absolute atomic E-state index is 13.0. The summed E-state index contributed by atoms with van der Waals surface area (Å²) in [5.41, 5.74) is 1.59. The molecular weight excluding hydrogens is 295 g/mol. The minimum atomic E-state index is -0.363. The third-order valence-electron chi connectivity index (χ3n) is 3.41. The first-order valence-electron chi connectivity index (χ1n) is 7.40. The van der Waals surface area contributed by atoms with Gasteiger partial charge in [0.1, 0.15) is 5.82 Å². The maximum Gasteiger partial charge on any atom is 0.223 e. The van der Waals surface area contributed by atoms with Crippen molar-refractivity contribution in [2.75, 3.05) is 11.4 Å². The molecule has 0 aliphatic carbocycles. The van der Waals surface area contributed by atoms with Crippen LogP contribution in [0.4, 0.5) is 10.1 Å². The van der Waals surface area contributed by atoms with Crippen molar-refractivity contribution in [1.82, 2.24) is 5.32 Å². The van der Waals surface area contributed by atoms with Gasteiger partial charge in [0.15, 0.2) is 0 Å². The quantitative estimate of drug-likeness (QED) is 0.891. The first-order valence-corrected chi connectivity index (χ1v) is 7.40. The second kappa shape index (κ2) is 8.08. The molecule has 0 aliphatic heterocycles. The number of carbonyl (C=O) groups excluding carboxylic acids is 2. The van der Waals surface area contributed by atoms with E-state index in [4.69, 9.17) is 0 Å². The highest BCUT2D eigenvalue weighted by Crippen LogP contribution is 2.15. The van der Waals surface area contributed by atoms with Gasteiger partial charge < -0.3 is 10.2 Å². The highest BCUT2D eigenvalue weighted by Gasteiger charge is 2.13. The fourth-order valence-corrected chi connectivity index (χ4v) is 2.19. The van der Waals surface area contributed by atoms with Gasteiger partial charge in [0.05, 0.1) is 0 Å². The predicted octanol–water partition coefficient (Wildman–Crippen LogP) is 2.89. The lowest BCUT2D eigenvalue weighted by atomic mass is 10.2. The van der Waals surface area contributed by atoms with E-state index < -0.39 is 0 Å². The molecule has 0 fully saturated rings. The third kappa shape index (κ3) is 5.21. The zero-order chi connectivity index (χ0) is 16.7. The highest BCUT2D eigenvalue weighted by molar-refractivity contribution is 5.92. The summed E-state index contributed by atoms with van der Waals surface area (Å²) in [6.45, 7) is 2.13. The van der Waals surface area contributed by atoms with Gasteiger partial charge in [0.25, 0.3) is 0 Å². The largest absolute Gasteiger partial charge is 0.352 e. The van der Waals surface area contributed by atoms with Crippen LogP contribution in [0, 0.1) is 5.82 Å². The number of nitrogens with zero attached hydrogens (tertiary/aromatic N) is 1. The topological polar surface area (TPSA) is 49.4 Å². The van der Waals surface area contributed by atoms with Crippen LogP contribution < -0.4 is 10.2 Å². The Morgan fingerprint density at radius 3 is 2.30 bits per heavy atom. The number of anilines is 1. The van der Waals surface area contributed by atoms with Gasteiger partial charge >= 0.3 is 0 Å². The third-order valence-corrected chi connectivity index (χ3v) is 3.41. The molecule has 0 bridgehead atoms. The zero-order valence-corrected chi connectivity index (χ0v) is 13.0. The lowest BCUT2D eigenvalue weighted by Crippen LogP contribution is -2.33. The van der Waals surface area contributed by atoms with E-state index in [1.165, 1.54) is 36.1 Å². The minimum Gasteiger partial charge on any atom is -0.352 e. The molecule has 2 aromatic rings. The molecule has 0 saturated heterocycles. The second-order valence-corrected chi connectivity index (χ2v) is 5.16. The summed E-state index contributed by atoms with van der Waals surface area (Å²) >= 11 is 0. The summed E-state index contributed by atoms with van der Waals surface area (Å²) in [4.78, 5) is 25.1. The van der Waals surface area contributed by atoms with E-state index in [1.54, 1.807) is 0 Å². The molecule has 0 aliphatic rings. The van der Waals surface area contributed by atoms with Crippen LogP contribution in [0.15, 0.2) is 54.6 Å². The molecule has 2 aromatic carbocycles. The average molecular weight is 314 g/mol. The lowest BCUT2D eigenvalue weighted by molar-refractivity contribution is -0.121. The Labute approximate surface area is 134 Å². The number of amides is 2. The number of rotatable bonds is 6. The number of hydrogen-bond acceptors (Lipinski definition) is 2. The summed E-state index contributed by atoms with van der Waals surface area (Å²) in [7, 11) is 0. The molecule has 0 radical (unpaired) electrons. The number of nitrogens with one attached hydrogen (secondary N) is 1. The van der Waals surface area contributed by atoms with Crippen LogP contribution in [-0.2, 0) is 16.1 Å². The highest BCUT2D eigenvalue weighted by atomic mass is 19.1. The first-order chi connectivity index (χ1) is 11.1. The molecule has 0 saturated carbocycles. The first kappa shape index (κ1) is 16.7. The van der Waals surface area contributed by atoms with Crippen LogP contribution in [0.2, 0.25) is 0 Å². The Morgan fingerprint density at radius 1 is 1.04 bits per heavy atom. The molecule has 0 aromatic heterocycles. The molecule has 0 unspecified atom stereocenters. The standard InChI is InChI=1S/C18H19FN2O2/c1-14(22)21(17-9-7-16(19)8-10-17)12-11-18(23)20-13-15-5-3-2-4-6-15/h2-10H,11-13H2,1H3,(H,20,23). The summed E-state index contributed by atoms with van der Waals surface area (Å²) in [5.74, 6) is -0.687. The molecule has 120 valence electrons. The van der Waals surface area contributed by atoms with Gasteiger partial charge in [-0.1, -0.05) is 30.3 Å². The van der Waals surface area contributed by atoms with Crippen LogP contribution in [0.25, 0.3) is 0 Å². The zero-order valence-electron chi connectivity index (χ0n) is 13.0. The Morgan fingerprint density at radius 2 is 1.70 bits per heavy atom. The number of benzene rings is 2. The van der Waals surface area contributed by atoms with Crippen LogP contribution in [0.3, 0.4) is 0 Å². The fourth-order valence-electron chi connectivity index (χ4n) is 2.19. The molecule has 2 amide bonds. The van der Waals surface area contributed by atoms with Crippen LogP contribution in [0.1, 0.15) is 18.9 Å². The van der Waals surface area contributed by atoms with Crippen molar-refractivity contribution in [1.29, 1.82) is 0 Å². The molecule has 1 N–H and O–H groups in total. The van der Waals surface area contributed by atoms with Gasteiger partial charge in [-0.3, -0.25) is 9.59 Å². The van der Waals surface area contributed by atoms with E-state index in [9.17, 15) is 14.0 Å². The predicted molar refractivity (Wildman–Crippen MR) is 87.3 cm³/mol. The van der Waals surface area contributed by atoms with Gasteiger partial charge in [-0.25, -0.2) is 4.39 Å². The van der Waals surface area contributed by atoms with Crippen molar-refractivity contribution in [3.05, 3.63) is 66.0 Å². The van der Waals surface area contributed by atoms with Gasteiger partial charge in [-0.05, 0) is 29.8 Å². The van der Waals surface area contributed by atoms with Gasteiger partial charge in [-0.2, -0.15) is 0 Å². The van der Waals surface area contributed by atoms with Gasteiger partial charge in [0.2, 0.25) is 11.8 Å². The van der Waals surface area contributed by atoms with E-state index in [0.717, 1.165) is 5.56 Å². The van der Waals surface area contributed by atoms with E-state index >= 15 is 0 Å². The molecule has 2 rings (SSSR count). The summed E-state index contributed by atoms with van der Waals surface area (Å²) < 4.78 is 13.0. The summed E-state index contributed by atoms with van der Waals surface area (Å²) in [6.07, 6.45) is 0.184. The van der Waals surface area contributed by atoms with Crippen molar-refractivity contribution in [2.45, 2.75) is 19.9 Å². The smallest absolute Gasteiger partial charge is 0.223 e.